The van der Waals surface area contributed by atoms with Gasteiger partial charge < -0.3 is 19.3 Å². The summed E-state index contributed by atoms with van der Waals surface area (Å²) in [4.78, 5) is 50.4. The van der Waals surface area contributed by atoms with Gasteiger partial charge in [0.15, 0.2) is 5.78 Å². The van der Waals surface area contributed by atoms with Crippen LogP contribution >= 0.6 is 0 Å². The Kier molecular flexibility index (Phi) is 4.42. The fourth-order valence-corrected chi connectivity index (χ4v) is 6.60. The molecule has 4 aliphatic rings. The van der Waals surface area contributed by atoms with E-state index in [1.165, 1.54) is 13.2 Å². The largest absolute Gasteiger partial charge is 0.469 e. The monoisotopic (exact) mass is 406 g/mol. The van der Waals surface area contributed by atoms with E-state index in [-0.39, 0.29) is 18.9 Å². The van der Waals surface area contributed by atoms with Gasteiger partial charge in [-0.2, -0.15) is 0 Å². The van der Waals surface area contributed by atoms with Gasteiger partial charge in [0.2, 0.25) is 0 Å². The number of carbonyl (C=O) groups is 4. The smallest absolute Gasteiger partial charge is 0.310 e. The summed E-state index contributed by atoms with van der Waals surface area (Å²) in [6, 6.07) is 0. The molecule has 1 saturated carbocycles. The molecule has 29 heavy (non-hydrogen) atoms. The van der Waals surface area contributed by atoms with Crippen molar-refractivity contribution >= 4 is 23.7 Å². The van der Waals surface area contributed by atoms with Gasteiger partial charge in [0.25, 0.3) is 0 Å². The van der Waals surface area contributed by atoms with Crippen molar-refractivity contribution in [2.45, 2.75) is 45.8 Å². The summed E-state index contributed by atoms with van der Waals surface area (Å²) in [5.74, 6) is -4.35. The lowest BCUT2D eigenvalue weighted by atomic mass is 9.42. The number of fused-ring (bicyclic) bond motifs is 2. The number of cyclic esters (lactones) is 1. The molecule has 2 heterocycles. The molecular weight excluding hydrogens is 380 g/mol. The molecule has 0 bridgehead atoms. The number of methoxy groups -OCH3 is 1. The number of hydrogen-bond donors (Lipinski definition) is 1. The summed E-state index contributed by atoms with van der Waals surface area (Å²) < 4.78 is 16.1. The van der Waals surface area contributed by atoms with Crippen molar-refractivity contribution < 1.29 is 38.5 Å². The lowest BCUT2D eigenvalue weighted by Gasteiger charge is -2.61. The molecule has 3 fully saturated rings. The van der Waals surface area contributed by atoms with Crippen molar-refractivity contribution in [1.29, 1.82) is 0 Å². The number of ketones is 1. The first-order valence-electron chi connectivity index (χ1n) is 9.93. The molecule has 1 spiro atoms. The molecule has 8 heteroatoms. The number of rotatable bonds is 2. The maximum Gasteiger partial charge on any atom is 0.310 e. The van der Waals surface area contributed by atoms with Crippen molar-refractivity contribution in [2.75, 3.05) is 13.7 Å². The Bertz CT molecular complexity index is 831. The molecule has 8 atom stereocenters. The highest BCUT2D eigenvalue weighted by atomic mass is 16.6. The highest BCUT2D eigenvalue weighted by molar-refractivity contribution is 5.97. The lowest BCUT2D eigenvalue weighted by Crippen LogP contribution is -2.68. The van der Waals surface area contributed by atoms with Crippen LogP contribution in [0.2, 0.25) is 0 Å². The lowest BCUT2D eigenvalue weighted by molar-refractivity contribution is -0.225. The molecule has 0 amide bonds. The van der Waals surface area contributed by atoms with Crippen LogP contribution < -0.4 is 0 Å². The van der Waals surface area contributed by atoms with Crippen molar-refractivity contribution in [3.05, 3.63) is 11.6 Å². The van der Waals surface area contributed by atoms with Crippen LogP contribution in [0.4, 0.5) is 0 Å². The summed E-state index contributed by atoms with van der Waals surface area (Å²) in [6.07, 6.45) is -0.328. The highest BCUT2D eigenvalue weighted by Gasteiger charge is 2.75. The minimum Gasteiger partial charge on any atom is -0.469 e. The summed E-state index contributed by atoms with van der Waals surface area (Å²) in [5.41, 5.74) is -1.36. The Morgan fingerprint density at radius 1 is 1.34 bits per heavy atom. The molecule has 2 saturated heterocycles. The Morgan fingerprint density at radius 3 is 2.69 bits per heavy atom. The minimum atomic E-state index is -1.38. The number of aliphatic hydroxyl groups is 1. The average Bonchev–Trinajstić information content (AvgIpc) is 3.03. The van der Waals surface area contributed by atoms with E-state index in [2.05, 4.69) is 0 Å². The van der Waals surface area contributed by atoms with E-state index in [0.29, 0.717) is 6.42 Å². The van der Waals surface area contributed by atoms with E-state index < -0.39 is 64.5 Å². The van der Waals surface area contributed by atoms with Gasteiger partial charge in [-0.15, -0.1) is 0 Å². The van der Waals surface area contributed by atoms with Gasteiger partial charge >= 0.3 is 17.9 Å². The quantitative estimate of drug-likeness (QED) is 0.529. The molecule has 0 radical (unpaired) electrons. The van der Waals surface area contributed by atoms with E-state index >= 15 is 0 Å². The molecule has 0 aromatic carbocycles. The third-order valence-electron chi connectivity index (χ3n) is 7.97. The number of ether oxygens (including phenoxy) is 3. The number of esters is 3. The van der Waals surface area contributed by atoms with Gasteiger partial charge in [-0.05, 0) is 31.3 Å². The van der Waals surface area contributed by atoms with Gasteiger partial charge in [0, 0.05) is 11.8 Å². The molecular formula is C21H26O8. The first kappa shape index (κ1) is 20.1. The van der Waals surface area contributed by atoms with E-state index in [1.807, 2.05) is 0 Å². The third-order valence-corrected chi connectivity index (χ3v) is 7.97. The Morgan fingerprint density at radius 2 is 2.03 bits per heavy atom. The zero-order valence-electron chi connectivity index (χ0n) is 17.0. The van der Waals surface area contributed by atoms with Crippen molar-refractivity contribution in [1.82, 2.24) is 0 Å². The number of carbonyl (C=O) groups excluding carboxylic acids is 4. The maximum absolute atomic E-state index is 13.0. The normalized spacial score (nSPS) is 44.5. The second-order valence-corrected chi connectivity index (χ2v) is 9.10. The first-order chi connectivity index (χ1) is 13.6. The van der Waals surface area contributed by atoms with Gasteiger partial charge in [-0.1, -0.05) is 19.4 Å². The number of aliphatic hydroxyl groups excluding tert-OH is 1. The van der Waals surface area contributed by atoms with E-state index in [0.717, 1.165) is 5.57 Å². The van der Waals surface area contributed by atoms with Crippen LogP contribution in [0.3, 0.4) is 0 Å². The topological polar surface area (TPSA) is 116 Å². The van der Waals surface area contributed by atoms with Crippen molar-refractivity contribution in [3.8, 4) is 0 Å². The summed E-state index contributed by atoms with van der Waals surface area (Å²) in [5, 5.41) is 10.9. The van der Waals surface area contributed by atoms with Crippen LogP contribution in [0, 0.1) is 34.5 Å². The van der Waals surface area contributed by atoms with E-state index in [4.69, 9.17) is 14.2 Å². The number of hydrogen-bond acceptors (Lipinski definition) is 8. The molecule has 2 aliphatic carbocycles. The number of allylic oxidation sites excluding steroid dienone is 1. The van der Waals surface area contributed by atoms with Crippen molar-refractivity contribution in [2.24, 2.45) is 34.5 Å². The zero-order chi connectivity index (χ0) is 21.3. The molecule has 4 rings (SSSR count). The predicted molar refractivity (Wildman–Crippen MR) is 97.0 cm³/mol. The first-order valence-corrected chi connectivity index (χ1v) is 9.93. The second kappa shape index (κ2) is 6.39. The molecule has 2 aliphatic heterocycles. The van der Waals surface area contributed by atoms with E-state index in [1.54, 1.807) is 20.8 Å². The Labute approximate surface area is 168 Å². The molecule has 158 valence electrons. The predicted octanol–water partition coefficient (Wildman–Crippen LogP) is 0.803. The van der Waals surface area contributed by atoms with E-state index in [9.17, 15) is 24.3 Å². The molecule has 0 aromatic rings. The van der Waals surface area contributed by atoms with Crippen LogP contribution in [0.1, 0.15) is 33.6 Å². The molecule has 0 aromatic heterocycles. The Balaban J connectivity index is 1.91. The van der Waals surface area contributed by atoms with Crippen LogP contribution in [-0.4, -0.2) is 54.7 Å². The van der Waals surface area contributed by atoms with Gasteiger partial charge in [0.1, 0.15) is 18.8 Å². The van der Waals surface area contributed by atoms with Crippen LogP contribution in [-0.2, 0) is 33.4 Å². The van der Waals surface area contributed by atoms with Crippen LogP contribution in [0.5, 0.6) is 0 Å². The van der Waals surface area contributed by atoms with Crippen molar-refractivity contribution in [3.63, 3.8) is 0 Å². The van der Waals surface area contributed by atoms with Gasteiger partial charge in [-0.25, -0.2) is 0 Å². The zero-order valence-corrected chi connectivity index (χ0v) is 17.0. The highest BCUT2D eigenvalue weighted by Crippen LogP contribution is 2.67. The third kappa shape index (κ3) is 2.41. The SMILES string of the molecule is COC(=O)[C@H](C)[C@@H]1CC(=O)O[C@@H]2C[C@H]3C(C)=CC(=O)[C@@H](O)[C@]3(C)[C@H]3C(=O)OC[C@]321. The molecule has 0 unspecified atom stereocenters. The summed E-state index contributed by atoms with van der Waals surface area (Å²) >= 11 is 0. The minimum absolute atomic E-state index is 0.0214. The maximum atomic E-state index is 13.0. The fraction of sp³-hybridized carbons (Fsp3) is 0.714. The average molecular weight is 406 g/mol. The second-order valence-electron chi connectivity index (χ2n) is 9.10. The Hall–Kier alpha value is -2.22. The standard InChI is InChI=1S/C21H26O8/c1-9-5-13(22)17(24)20(3)11(9)6-14-21(8-28-19(26)16(20)21)12(7-15(23)29-14)10(2)18(25)27-4/h5,10-12,14,16-17,24H,6-8H2,1-4H3/t10-,11+,12+,14-,16-,17-,20+,21-/m1/s1. The summed E-state index contributed by atoms with van der Waals surface area (Å²) in [6.45, 7) is 5.18. The molecule has 8 nitrogen and oxygen atoms in total. The molecule has 1 N–H and O–H groups in total. The summed E-state index contributed by atoms with van der Waals surface area (Å²) in [7, 11) is 1.28. The fourth-order valence-electron chi connectivity index (χ4n) is 6.60. The van der Waals surface area contributed by atoms with Gasteiger partial charge in [0.05, 0.1) is 24.4 Å². The van der Waals surface area contributed by atoms with Crippen LogP contribution in [0.15, 0.2) is 11.6 Å². The van der Waals surface area contributed by atoms with Crippen LogP contribution in [0.25, 0.3) is 0 Å². The van der Waals surface area contributed by atoms with Gasteiger partial charge in [-0.3, -0.25) is 19.2 Å².